The molecule has 0 amide bonds. The van der Waals surface area contributed by atoms with Gasteiger partial charge in [0.05, 0.1) is 0 Å². The van der Waals surface area contributed by atoms with Crippen LogP contribution >= 0.6 is 23.5 Å². The molecule has 1 aromatic rings. The molecule has 13 heavy (non-hydrogen) atoms. The molecule has 0 saturated carbocycles. The van der Waals surface area contributed by atoms with Crippen LogP contribution < -0.4 is 0 Å². The highest BCUT2D eigenvalue weighted by Crippen LogP contribution is 2.45. The summed E-state index contributed by atoms with van der Waals surface area (Å²) >= 11 is 4.07. The summed E-state index contributed by atoms with van der Waals surface area (Å²) in [5.41, 5.74) is 0. The molecule has 0 N–H and O–H groups in total. The van der Waals surface area contributed by atoms with Gasteiger partial charge in [-0.05, 0) is 18.6 Å². The second-order valence-corrected chi connectivity index (χ2v) is 6.03. The van der Waals surface area contributed by atoms with E-state index >= 15 is 0 Å². The van der Waals surface area contributed by atoms with E-state index in [4.69, 9.17) is 0 Å². The van der Waals surface area contributed by atoms with Gasteiger partial charge >= 0.3 is 0 Å². The molecule has 0 unspecified atom stereocenters. The molecule has 2 heteroatoms. The van der Waals surface area contributed by atoms with Crippen molar-refractivity contribution < 1.29 is 0 Å². The summed E-state index contributed by atoms with van der Waals surface area (Å²) in [6.45, 7) is 4.62. The van der Waals surface area contributed by atoms with Crippen LogP contribution in [0.15, 0.2) is 34.1 Å². The van der Waals surface area contributed by atoms with Gasteiger partial charge in [-0.2, -0.15) is 0 Å². The summed E-state index contributed by atoms with van der Waals surface area (Å²) < 4.78 is 0. The van der Waals surface area contributed by atoms with E-state index in [0.29, 0.717) is 0 Å². The Bertz CT molecular complexity index is 296. The standard InChI is InChI=1S/C11H14S2/c1-3-9-8(2)12-10-6-4-5-7-11(10)13-9/h4-9H,3H2,1-2H3/t8-,9-/m1/s1. The third-order valence-corrected chi connectivity index (χ3v) is 5.63. The molecule has 0 nitrogen and oxygen atoms in total. The fourth-order valence-electron chi connectivity index (χ4n) is 1.60. The van der Waals surface area contributed by atoms with Crippen LogP contribution in [-0.2, 0) is 0 Å². The average molecular weight is 210 g/mol. The van der Waals surface area contributed by atoms with Crippen LogP contribution in [0.1, 0.15) is 20.3 Å². The second-order valence-electron chi connectivity index (χ2n) is 3.33. The molecule has 1 aliphatic heterocycles. The molecule has 0 radical (unpaired) electrons. The first kappa shape index (κ1) is 9.47. The molecule has 1 aliphatic rings. The smallest absolute Gasteiger partial charge is 0.0212 e. The monoisotopic (exact) mass is 210 g/mol. The van der Waals surface area contributed by atoms with Crippen molar-refractivity contribution in [2.24, 2.45) is 0 Å². The van der Waals surface area contributed by atoms with Gasteiger partial charge in [-0.3, -0.25) is 0 Å². The molecule has 0 bridgehead atoms. The Balaban J connectivity index is 2.27. The molecular weight excluding hydrogens is 196 g/mol. The molecule has 70 valence electrons. The molecule has 0 saturated heterocycles. The summed E-state index contributed by atoms with van der Waals surface area (Å²) in [4.78, 5) is 2.93. The fraction of sp³-hybridized carbons (Fsp3) is 0.455. The molecular formula is C11H14S2. The highest BCUT2D eigenvalue weighted by Gasteiger charge is 2.24. The van der Waals surface area contributed by atoms with Crippen LogP contribution in [0.2, 0.25) is 0 Å². The number of benzene rings is 1. The molecule has 2 rings (SSSR count). The van der Waals surface area contributed by atoms with Gasteiger partial charge in [-0.25, -0.2) is 0 Å². The summed E-state index contributed by atoms with van der Waals surface area (Å²) in [6.07, 6.45) is 1.27. The third kappa shape index (κ3) is 1.89. The first-order chi connectivity index (χ1) is 6.31. The molecule has 1 heterocycles. The molecule has 0 spiro atoms. The lowest BCUT2D eigenvalue weighted by Gasteiger charge is -2.28. The van der Waals surface area contributed by atoms with Gasteiger partial charge in [0.1, 0.15) is 0 Å². The van der Waals surface area contributed by atoms with E-state index in [2.05, 4.69) is 38.1 Å². The first-order valence-electron chi connectivity index (χ1n) is 4.73. The summed E-state index contributed by atoms with van der Waals surface area (Å²) in [5, 5.41) is 1.55. The van der Waals surface area contributed by atoms with Gasteiger partial charge in [0.25, 0.3) is 0 Å². The maximum atomic E-state index is 2.34. The van der Waals surface area contributed by atoms with E-state index in [0.717, 1.165) is 10.5 Å². The van der Waals surface area contributed by atoms with Crippen molar-refractivity contribution in [3.8, 4) is 0 Å². The highest BCUT2D eigenvalue weighted by molar-refractivity contribution is 8.06. The van der Waals surface area contributed by atoms with Crippen LogP contribution in [0.3, 0.4) is 0 Å². The van der Waals surface area contributed by atoms with Crippen molar-refractivity contribution in [2.75, 3.05) is 0 Å². The normalized spacial score (nSPS) is 26.9. The number of fused-ring (bicyclic) bond motifs is 1. The predicted octanol–water partition coefficient (Wildman–Crippen LogP) is 4.05. The first-order valence-corrected chi connectivity index (χ1v) is 6.49. The SMILES string of the molecule is CC[C@H]1Sc2ccccc2S[C@@H]1C. The van der Waals surface area contributed by atoms with Crippen LogP contribution in [0.25, 0.3) is 0 Å². The maximum absolute atomic E-state index is 2.34. The highest BCUT2D eigenvalue weighted by atomic mass is 32.2. The zero-order valence-electron chi connectivity index (χ0n) is 7.99. The van der Waals surface area contributed by atoms with E-state index in [1.807, 2.05) is 23.5 Å². The zero-order chi connectivity index (χ0) is 9.26. The number of hydrogen-bond donors (Lipinski definition) is 0. The van der Waals surface area contributed by atoms with Gasteiger partial charge < -0.3 is 0 Å². The van der Waals surface area contributed by atoms with Crippen molar-refractivity contribution in [1.29, 1.82) is 0 Å². The van der Waals surface area contributed by atoms with Crippen LogP contribution in [-0.4, -0.2) is 10.5 Å². The van der Waals surface area contributed by atoms with Crippen LogP contribution in [0.5, 0.6) is 0 Å². The Kier molecular flexibility index (Phi) is 2.89. The Hall–Kier alpha value is -0.0800. The van der Waals surface area contributed by atoms with Crippen LogP contribution in [0.4, 0.5) is 0 Å². The Morgan fingerprint density at radius 3 is 2.38 bits per heavy atom. The van der Waals surface area contributed by atoms with E-state index in [1.165, 1.54) is 16.2 Å². The van der Waals surface area contributed by atoms with Crippen molar-refractivity contribution in [2.45, 2.75) is 40.6 Å². The van der Waals surface area contributed by atoms with Crippen LogP contribution in [0, 0.1) is 0 Å². The van der Waals surface area contributed by atoms with E-state index < -0.39 is 0 Å². The lowest BCUT2D eigenvalue weighted by Crippen LogP contribution is -2.18. The lowest BCUT2D eigenvalue weighted by atomic mass is 10.2. The Labute approximate surface area is 88.5 Å². The largest absolute Gasteiger partial charge is 0.121 e. The second kappa shape index (κ2) is 3.97. The summed E-state index contributed by atoms with van der Waals surface area (Å²) in [6, 6.07) is 8.73. The molecule has 2 atom stereocenters. The lowest BCUT2D eigenvalue weighted by molar-refractivity contribution is 0.798. The molecule has 1 aromatic carbocycles. The Morgan fingerprint density at radius 2 is 1.77 bits per heavy atom. The average Bonchev–Trinajstić information content (AvgIpc) is 2.17. The van der Waals surface area contributed by atoms with Gasteiger partial charge in [0, 0.05) is 20.3 Å². The molecule has 0 fully saturated rings. The fourth-order valence-corrected chi connectivity index (χ4v) is 4.33. The van der Waals surface area contributed by atoms with Crippen molar-refractivity contribution in [3.05, 3.63) is 24.3 Å². The maximum Gasteiger partial charge on any atom is 0.0212 e. The van der Waals surface area contributed by atoms with Gasteiger partial charge in [-0.1, -0.05) is 26.0 Å². The van der Waals surface area contributed by atoms with E-state index in [-0.39, 0.29) is 0 Å². The minimum absolute atomic E-state index is 0.755. The topological polar surface area (TPSA) is 0 Å². The Morgan fingerprint density at radius 1 is 1.15 bits per heavy atom. The van der Waals surface area contributed by atoms with Gasteiger partial charge in [-0.15, -0.1) is 23.5 Å². The molecule has 0 aliphatic carbocycles. The molecule has 0 aromatic heterocycles. The van der Waals surface area contributed by atoms with Gasteiger partial charge in [0.2, 0.25) is 0 Å². The summed E-state index contributed by atoms with van der Waals surface area (Å²) in [7, 11) is 0. The predicted molar refractivity (Wildman–Crippen MR) is 61.7 cm³/mol. The zero-order valence-corrected chi connectivity index (χ0v) is 9.62. The van der Waals surface area contributed by atoms with Gasteiger partial charge in [0.15, 0.2) is 0 Å². The number of thioether (sulfide) groups is 2. The number of rotatable bonds is 1. The van der Waals surface area contributed by atoms with E-state index in [1.54, 1.807) is 0 Å². The van der Waals surface area contributed by atoms with Crippen molar-refractivity contribution in [1.82, 2.24) is 0 Å². The minimum Gasteiger partial charge on any atom is -0.121 e. The summed E-state index contributed by atoms with van der Waals surface area (Å²) in [5.74, 6) is 0. The minimum atomic E-state index is 0.755. The van der Waals surface area contributed by atoms with E-state index in [9.17, 15) is 0 Å². The third-order valence-electron chi connectivity index (χ3n) is 2.37. The van der Waals surface area contributed by atoms with Crippen molar-refractivity contribution >= 4 is 23.5 Å². The van der Waals surface area contributed by atoms with Crippen molar-refractivity contribution in [3.63, 3.8) is 0 Å². The quantitative estimate of drug-likeness (QED) is 0.686. The number of hydrogen-bond acceptors (Lipinski definition) is 2.